The predicted octanol–water partition coefficient (Wildman–Crippen LogP) is 4.89. The number of nitrogens with zero attached hydrogens (tertiary/aromatic N) is 1. The zero-order valence-electron chi connectivity index (χ0n) is 14.2. The lowest BCUT2D eigenvalue weighted by molar-refractivity contribution is -0.116. The molecule has 0 bridgehead atoms. The minimum Gasteiger partial charge on any atom is -0.487 e. The van der Waals surface area contributed by atoms with Crippen molar-refractivity contribution >= 4 is 23.2 Å². The SMILES string of the molecule is O=C(CCc1cccc(Cl)c1)Nc1cccc(OCc2ccccn2)c1. The van der Waals surface area contributed by atoms with Gasteiger partial charge in [-0.25, -0.2) is 0 Å². The molecule has 132 valence electrons. The van der Waals surface area contributed by atoms with Gasteiger partial charge in [-0.05, 0) is 48.4 Å². The molecule has 1 aromatic heterocycles. The molecule has 3 rings (SSSR count). The second-order valence-corrected chi connectivity index (χ2v) is 6.25. The Morgan fingerprint density at radius 2 is 1.92 bits per heavy atom. The quantitative estimate of drug-likeness (QED) is 0.648. The van der Waals surface area contributed by atoms with Gasteiger partial charge < -0.3 is 10.1 Å². The number of amides is 1. The molecule has 0 aliphatic carbocycles. The Kier molecular flexibility index (Phi) is 6.23. The van der Waals surface area contributed by atoms with Gasteiger partial charge >= 0.3 is 0 Å². The predicted molar refractivity (Wildman–Crippen MR) is 103 cm³/mol. The van der Waals surface area contributed by atoms with Crippen molar-refractivity contribution in [2.45, 2.75) is 19.4 Å². The van der Waals surface area contributed by atoms with Crippen LogP contribution in [-0.4, -0.2) is 10.9 Å². The maximum absolute atomic E-state index is 12.2. The Bertz CT molecular complexity index is 869. The lowest BCUT2D eigenvalue weighted by Crippen LogP contribution is -2.12. The van der Waals surface area contributed by atoms with Crippen LogP contribution in [0.15, 0.2) is 72.9 Å². The molecule has 4 nitrogen and oxygen atoms in total. The van der Waals surface area contributed by atoms with E-state index in [2.05, 4.69) is 10.3 Å². The zero-order chi connectivity index (χ0) is 18.2. The zero-order valence-corrected chi connectivity index (χ0v) is 14.9. The van der Waals surface area contributed by atoms with E-state index in [0.29, 0.717) is 35.9 Å². The van der Waals surface area contributed by atoms with Crippen LogP contribution in [0.4, 0.5) is 5.69 Å². The number of pyridine rings is 1. The van der Waals surface area contributed by atoms with Gasteiger partial charge in [-0.2, -0.15) is 0 Å². The van der Waals surface area contributed by atoms with Gasteiger partial charge in [0, 0.05) is 29.4 Å². The van der Waals surface area contributed by atoms with E-state index in [-0.39, 0.29) is 5.91 Å². The summed E-state index contributed by atoms with van der Waals surface area (Å²) in [6.45, 7) is 0.382. The molecule has 0 saturated heterocycles. The van der Waals surface area contributed by atoms with Crippen molar-refractivity contribution in [3.63, 3.8) is 0 Å². The molecule has 5 heteroatoms. The fourth-order valence-electron chi connectivity index (χ4n) is 2.48. The Balaban J connectivity index is 1.52. The molecular formula is C21H19ClN2O2. The van der Waals surface area contributed by atoms with Gasteiger partial charge in [-0.1, -0.05) is 35.9 Å². The fraction of sp³-hybridized carbons (Fsp3) is 0.143. The number of ether oxygens (including phenoxy) is 1. The molecule has 0 fully saturated rings. The van der Waals surface area contributed by atoms with Crippen molar-refractivity contribution in [2.75, 3.05) is 5.32 Å². The molecule has 1 heterocycles. The van der Waals surface area contributed by atoms with Crippen molar-refractivity contribution in [3.8, 4) is 5.75 Å². The highest BCUT2D eigenvalue weighted by molar-refractivity contribution is 6.30. The summed E-state index contributed by atoms with van der Waals surface area (Å²) >= 11 is 5.96. The smallest absolute Gasteiger partial charge is 0.224 e. The lowest BCUT2D eigenvalue weighted by Gasteiger charge is -2.09. The van der Waals surface area contributed by atoms with Gasteiger partial charge in [-0.15, -0.1) is 0 Å². The number of aryl methyl sites for hydroxylation is 1. The number of hydrogen-bond acceptors (Lipinski definition) is 3. The second kappa shape index (κ2) is 9.02. The highest BCUT2D eigenvalue weighted by Gasteiger charge is 2.05. The number of nitrogens with one attached hydrogen (secondary N) is 1. The first-order valence-electron chi connectivity index (χ1n) is 8.36. The van der Waals surface area contributed by atoms with E-state index in [1.807, 2.05) is 60.7 Å². The maximum Gasteiger partial charge on any atom is 0.224 e. The van der Waals surface area contributed by atoms with Crippen LogP contribution in [0.5, 0.6) is 5.75 Å². The molecule has 0 saturated carbocycles. The van der Waals surface area contributed by atoms with E-state index in [1.165, 1.54) is 0 Å². The van der Waals surface area contributed by atoms with E-state index >= 15 is 0 Å². The van der Waals surface area contributed by atoms with Crippen LogP contribution in [0.2, 0.25) is 5.02 Å². The van der Waals surface area contributed by atoms with Gasteiger partial charge in [0.15, 0.2) is 0 Å². The fourth-order valence-corrected chi connectivity index (χ4v) is 2.69. The standard InChI is InChI=1S/C21H19ClN2O2/c22-17-6-3-5-16(13-17)10-11-21(25)24-18-8-4-9-20(14-18)26-15-19-7-1-2-12-23-19/h1-9,12-14H,10-11,15H2,(H,24,25). The molecule has 0 aliphatic rings. The summed E-state index contributed by atoms with van der Waals surface area (Å²) in [5.74, 6) is 0.634. The average molecular weight is 367 g/mol. The van der Waals surface area contributed by atoms with Crippen LogP contribution in [0, 0.1) is 0 Å². The highest BCUT2D eigenvalue weighted by atomic mass is 35.5. The molecule has 1 amide bonds. The Hall–Kier alpha value is -2.85. The first kappa shape index (κ1) is 18.0. The molecule has 0 aliphatic heterocycles. The second-order valence-electron chi connectivity index (χ2n) is 5.82. The third-order valence-electron chi connectivity index (χ3n) is 3.76. The first-order valence-corrected chi connectivity index (χ1v) is 8.74. The molecule has 0 atom stereocenters. The van der Waals surface area contributed by atoms with E-state index in [1.54, 1.807) is 12.3 Å². The summed E-state index contributed by atoms with van der Waals surface area (Å²) in [6, 6.07) is 20.6. The molecule has 3 aromatic rings. The number of carbonyl (C=O) groups excluding carboxylic acids is 1. The van der Waals surface area contributed by atoms with Gasteiger partial charge in [0.1, 0.15) is 12.4 Å². The van der Waals surface area contributed by atoms with Crippen LogP contribution in [0.3, 0.4) is 0 Å². The van der Waals surface area contributed by atoms with Crippen molar-refractivity contribution < 1.29 is 9.53 Å². The van der Waals surface area contributed by atoms with Crippen LogP contribution in [0.1, 0.15) is 17.7 Å². The first-order chi connectivity index (χ1) is 12.7. The number of carbonyl (C=O) groups is 1. The molecule has 0 spiro atoms. The van der Waals surface area contributed by atoms with Crippen LogP contribution < -0.4 is 10.1 Å². The molecule has 0 unspecified atom stereocenters. The van der Waals surface area contributed by atoms with E-state index in [0.717, 1.165) is 11.3 Å². The number of rotatable bonds is 7. The topological polar surface area (TPSA) is 51.2 Å². The number of halogens is 1. The number of benzene rings is 2. The summed E-state index contributed by atoms with van der Waals surface area (Å²) < 4.78 is 5.73. The Labute approximate surface area is 157 Å². The minimum absolute atomic E-state index is 0.0492. The Morgan fingerprint density at radius 3 is 2.73 bits per heavy atom. The molecule has 0 radical (unpaired) electrons. The van der Waals surface area contributed by atoms with Gasteiger partial charge in [0.25, 0.3) is 0 Å². The Morgan fingerprint density at radius 1 is 1.04 bits per heavy atom. The van der Waals surface area contributed by atoms with Gasteiger partial charge in [0.2, 0.25) is 5.91 Å². The number of anilines is 1. The monoisotopic (exact) mass is 366 g/mol. The lowest BCUT2D eigenvalue weighted by atomic mass is 10.1. The third kappa shape index (κ3) is 5.60. The third-order valence-corrected chi connectivity index (χ3v) is 4.00. The van der Waals surface area contributed by atoms with Crippen LogP contribution >= 0.6 is 11.6 Å². The molecule has 1 N–H and O–H groups in total. The van der Waals surface area contributed by atoms with Crippen molar-refractivity contribution in [3.05, 3.63) is 89.2 Å². The van der Waals surface area contributed by atoms with Crippen LogP contribution in [-0.2, 0) is 17.8 Å². The van der Waals surface area contributed by atoms with Gasteiger partial charge in [-0.3, -0.25) is 9.78 Å². The summed E-state index contributed by atoms with van der Waals surface area (Å²) in [5, 5.41) is 3.58. The van der Waals surface area contributed by atoms with Crippen molar-refractivity contribution in [2.24, 2.45) is 0 Å². The van der Waals surface area contributed by atoms with Crippen LogP contribution in [0.25, 0.3) is 0 Å². The summed E-state index contributed by atoms with van der Waals surface area (Å²) in [7, 11) is 0. The minimum atomic E-state index is -0.0492. The maximum atomic E-state index is 12.2. The molecule has 2 aromatic carbocycles. The normalized spacial score (nSPS) is 10.3. The number of aromatic nitrogens is 1. The molecule has 26 heavy (non-hydrogen) atoms. The van der Waals surface area contributed by atoms with E-state index in [4.69, 9.17) is 16.3 Å². The highest BCUT2D eigenvalue weighted by Crippen LogP contribution is 2.19. The van der Waals surface area contributed by atoms with Gasteiger partial charge in [0.05, 0.1) is 5.69 Å². The largest absolute Gasteiger partial charge is 0.487 e. The summed E-state index contributed by atoms with van der Waals surface area (Å²) in [4.78, 5) is 16.4. The van der Waals surface area contributed by atoms with Crippen molar-refractivity contribution in [1.29, 1.82) is 0 Å². The summed E-state index contributed by atoms with van der Waals surface area (Å²) in [6.07, 6.45) is 2.76. The van der Waals surface area contributed by atoms with Crippen molar-refractivity contribution in [1.82, 2.24) is 4.98 Å². The summed E-state index contributed by atoms with van der Waals surface area (Å²) in [5.41, 5.74) is 2.60. The number of hydrogen-bond donors (Lipinski definition) is 1. The van der Waals surface area contributed by atoms with E-state index in [9.17, 15) is 4.79 Å². The average Bonchev–Trinajstić information content (AvgIpc) is 2.66. The molecular weight excluding hydrogens is 348 g/mol. The van der Waals surface area contributed by atoms with E-state index < -0.39 is 0 Å².